The van der Waals surface area contributed by atoms with Crippen molar-refractivity contribution in [2.75, 3.05) is 18.5 Å². The number of carbonyl (C=O) groups excluding carboxylic acids is 2. The average molecular weight is 431 g/mol. The molecule has 1 saturated heterocycles. The SMILES string of the molecule is O=C(NCc1ccccc1)c1ccc(NC(=O)c2ccc(OCC3CCCO3)cc2)cc1. The van der Waals surface area contributed by atoms with Crippen molar-refractivity contribution in [2.45, 2.75) is 25.5 Å². The number of rotatable bonds is 8. The smallest absolute Gasteiger partial charge is 0.255 e. The Kier molecular flexibility index (Phi) is 7.15. The van der Waals surface area contributed by atoms with Gasteiger partial charge in [0.15, 0.2) is 0 Å². The van der Waals surface area contributed by atoms with Crippen molar-refractivity contribution < 1.29 is 19.1 Å². The molecule has 2 amide bonds. The van der Waals surface area contributed by atoms with Crippen LogP contribution in [0.3, 0.4) is 0 Å². The topological polar surface area (TPSA) is 76.7 Å². The van der Waals surface area contributed by atoms with E-state index < -0.39 is 0 Å². The Labute approximate surface area is 187 Å². The summed E-state index contributed by atoms with van der Waals surface area (Å²) < 4.78 is 11.3. The predicted octanol–water partition coefficient (Wildman–Crippen LogP) is 4.43. The first-order valence-electron chi connectivity index (χ1n) is 10.8. The Morgan fingerprint density at radius 2 is 1.56 bits per heavy atom. The van der Waals surface area contributed by atoms with E-state index in [0.29, 0.717) is 35.7 Å². The number of carbonyl (C=O) groups is 2. The number of benzene rings is 3. The molecule has 0 bridgehead atoms. The van der Waals surface area contributed by atoms with E-state index >= 15 is 0 Å². The van der Waals surface area contributed by atoms with Crippen molar-refractivity contribution in [2.24, 2.45) is 0 Å². The molecule has 1 heterocycles. The summed E-state index contributed by atoms with van der Waals surface area (Å²) in [7, 11) is 0. The summed E-state index contributed by atoms with van der Waals surface area (Å²) in [6.45, 7) is 1.79. The van der Waals surface area contributed by atoms with Gasteiger partial charge in [0.1, 0.15) is 12.4 Å². The van der Waals surface area contributed by atoms with Crippen molar-refractivity contribution in [3.05, 3.63) is 95.6 Å². The second-order valence-electron chi connectivity index (χ2n) is 7.67. The molecule has 32 heavy (non-hydrogen) atoms. The van der Waals surface area contributed by atoms with Crippen LogP contribution in [0.2, 0.25) is 0 Å². The van der Waals surface area contributed by atoms with E-state index in [4.69, 9.17) is 9.47 Å². The monoisotopic (exact) mass is 430 g/mol. The van der Waals surface area contributed by atoms with Gasteiger partial charge < -0.3 is 20.1 Å². The number of amides is 2. The highest BCUT2D eigenvalue weighted by Crippen LogP contribution is 2.18. The highest BCUT2D eigenvalue weighted by Gasteiger charge is 2.16. The van der Waals surface area contributed by atoms with Crippen LogP contribution in [0.5, 0.6) is 5.75 Å². The molecule has 0 aliphatic carbocycles. The van der Waals surface area contributed by atoms with Crippen molar-refractivity contribution in [3.8, 4) is 5.75 Å². The zero-order valence-corrected chi connectivity index (χ0v) is 17.8. The van der Waals surface area contributed by atoms with Gasteiger partial charge in [0.2, 0.25) is 0 Å². The van der Waals surface area contributed by atoms with Gasteiger partial charge in [-0.2, -0.15) is 0 Å². The normalized spacial score (nSPS) is 15.2. The van der Waals surface area contributed by atoms with E-state index in [1.165, 1.54) is 0 Å². The minimum absolute atomic E-state index is 0.154. The lowest BCUT2D eigenvalue weighted by molar-refractivity contribution is 0.0679. The summed E-state index contributed by atoms with van der Waals surface area (Å²) in [6, 6.07) is 23.6. The second-order valence-corrected chi connectivity index (χ2v) is 7.67. The number of hydrogen-bond donors (Lipinski definition) is 2. The van der Waals surface area contributed by atoms with E-state index in [0.717, 1.165) is 25.0 Å². The maximum atomic E-state index is 12.5. The number of anilines is 1. The minimum Gasteiger partial charge on any atom is -0.491 e. The van der Waals surface area contributed by atoms with Crippen LogP contribution in [0.1, 0.15) is 39.1 Å². The van der Waals surface area contributed by atoms with E-state index in [9.17, 15) is 9.59 Å². The van der Waals surface area contributed by atoms with Crippen LogP contribution in [-0.4, -0.2) is 31.1 Å². The summed E-state index contributed by atoms with van der Waals surface area (Å²) in [6.07, 6.45) is 2.25. The minimum atomic E-state index is -0.225. The largest absolute Gasteiger partial charge is 0.491 e. The standard InChI is InChI=1S/C26H26N2O4/c29-25(27-17-19-5-2-1-3-6-19)20-8-12-22(13-9-20)28-26(30)21-10-14-23(15-11-21)32-18-24-7-4-16-31-24/h1-3,5-6,8-15,24H,4,7,16-18H2,(H,27,29)(H,28,30). The Morgan fingerprint density at radius 1 is 0.875 bits per heavy atom. The van der Waals surface area contributed by atoms with Gasteiger partial charge in [0.05, 0.1) is 6.10 Å². The molecule has 0 radical (unpaired) electrons. The molecule has 6 heteroatoms. The Hall–Kier alpha value is -3.64. The molecular weight excluding hydrogens is 404 g/mol. The molecule has 3 aromatic carbocycles. The van der Waals surface area contributed by atoms with Crippen LogP contribution >= 0.6 is 0 Å². The third kappa shape index (κ3) is 5.95. The first kappa shape index (κ1) is 21.6. The van der Waals surface area contributed by atoms with E-state index in [1.807, 2.05) is 30.3 Å². The first-order valence-corrected chi connectivity index (χ1v) is 10.8. The lowest BCUT2D eigenvalue weighted by Gasteiger charge is -2.12. The molecular formula is C26H26N2O4. The molecule has 1 aliphatic rings. The van der Waals surface area contributed by atoms with Crippen LogP contribution in [0.15, 0.2) is 78.9 Å². The molecule has 6 nitrogen and oxygen atoms in total. The maximum absolute atomic E-state index is 12.5. The molecule has 0 saturated carbocycles. The number of ether oxygens (including phenoxy) is 2. The van der Waals surface area contributed by atoms with Gasteiger partial charge in [-0.25, -0.2) is 0 Å². The van der Waals surface area contributed by atoms with Crippen LogP contribution in [0.4, 0.5) is 5.69 Å². The summed E-state index contributed by atoms with van der Waals surface area (Å²) in [4.78, 5) is 24.8. The first-order chi connectivity index (χ1) is 15.7. The molecule has 0 spiro atoms. The van der Waals surface area contributed by atoms with Gasteiger partial charge in [-0.05, 0) is 66.9 Å². The fraction of sp³-hybridized carbons (Fsp3) is 0.231. The van der Waals surface area contributed by atoms with Crippen LogP contribution < -0.4 is 15.4 Å². The Balaban J connectivity index is 1.27. The van der Waals surface area contributed by atoms with Crippen LogP contribution in [0, 0.1) is 0 Å². The summed E-state index contributed by atoms with van der Waals surface area (Å²) in [5, 5.41) is 5.74. The van der Waals surface area contributed by atoms with Crippen molar-refractivity contribution in [1.82, 2.24) is 5.32 Å². The number of hydrogen-bond acceptors (Lipinski definition) is 4. The van der Waals surface area contributed by atoms with Crippen molar-refractivity contribution in [3.63, 3.8) is 0 Å². The molecule has 164 valence electrons. The molecule has 1 unspecified atom stereocenters. The van der Waals surface area contributed by atoms with Gasteiger partial charge in [0, 0.05) is 30.0 Å². The van der Waals surface area contributed by atoms with Gasteiger partial charge in [-0.15, -0.1) is 0 Å². The third-order valence-electron chi connectivity index (χ3n) is 5.28. The summed E-state index contributed by atoms with van der Waals surface area (Å²) in [5.74, 6) is 0.324. The highest BCUT2D eigenvalue weighted by atomic mass is 16.5. The predicted molar refractivity (Wildman–Crippen MR) is 123 cm³/mol. The lowest BCUT2D eigenvalue weighted by Crippen LogP contribution is -2.22. The zero-order valence-electron chi connectivity index (χ0n) is 17.8. The van der Waals surface area contributed by atoms with E-state index in [2.05, 4.69) is 10.6 Å². The molecule has 1 fully saturated rings. The van der Waals surface area contributed by atoms with E-state index in [-0.39, 0.29) is 17.9 Å². The zero-order chi connectivity index (χ0) is 22.2. The summed E-state index contributed by atoms with van der Waals surface area (Å²) in [5.41, 5.74) is 2.71. The van der Waals surface area contributed by atoms with Crippen molar-refractivity contribution in [1.29, 1.82) is 0 Å². The van der Waals surface area contributed by atoms with Crippen molar-refractivity contribution >= 4 is 17.5 Å². The molecule has 2 N–H and O–H groups in total. The fourth-order valence-corrected chi connectivity index (χ4v) is 3.46. The quantitative estimate of drug-likeness (QED) is 0.554. The summed E-state index contributed by atoms with van der Waals surface area (Å²) >= 11 is 0. The molecule has 4 rings (SSSR count). The Morgan fingerprint density at radius 3 is 2.25 bits per heavy atom. The Bertz CT molecular complexity index is 1030. The molecule has 3 aromatic rings. The highest BCUT2D eigenvalue weighted by molar-refractivity contribution is 6.04. The lowest BCUT2D eigenvalue weighted by atomic mass is 10.1. The number of nitrogens with one attached hydrogen (secondary N) is 2. The second kappa shape index (κ2) is 10.6. The molecule has 1 aliphatic heterocycles. The maximum Gasteiger partial charge on any atom is 0.255 e. The van der Waals surface area contributed by atoms with Gasteiger partial charge in [0.25, 0.3) is 11.8 Å². The van der Waals surface area contributed by atoms with E-state index in [1.54, 1.807) is 48.5 Å². The fourth-order valence-electron chi connectivity index (χ4n) is 3.46. The molecule has 1 atom stereocenters. The van der Waals surface area contributed by atoms with Gasteiger partial charge in [-0.1, -0.05) is 30.3 Å². The van der Waals surface area contributed by atoms with Gasteiger partial charge in [-0.3, -0.25) is 9.59 Å². The average Bonchev–Trinajstić information content (AvgIpc) is 3.36. The van der Waals surface area contributed by atoms with Crippen LogP contribution in [-0.2, 0) is 11.3 Å². The van der Waals surface area contributed by atoms with Gasteiger partial charge >= 0.3 is 0 Å². The molecule has 0 aromatic heterocycles. The third-order valence-corrected chi connectivity index (χ3v) is 5.28. The van der Waals surface area contributed by atoms with Crippen LogP contribution in [0.25, 0.3) is 0 Å².